The summed E-state index contributed by atoms with van der Waals surface area (Å²) in [5.74, 6) is 0.451. The van der Waals surface area contributed by atoms with E-state index in [1.54, 1.807) is 0 Å². The lowest BCUT2D eigenvalue weighted by Crippen LogP contribution is -2.69. The molecule has 10 atom stereocenters. The van der Waals surface area contributed by atoms with Crippen LogP contribution in [0.15, 0.2) is 91.0 Å². The number of benzene rings is 3. The lowest BCUT2D eigenvalue weighted by molar-refractivity contribution is -0.232. The summed E-state index contributed by atoms with van der Waals surface area (Å²) in [5.41, 5.74) is -0.325. The third kappa shape index (κ3) is 4.59. The van der Waals surface area contributed by atoms with Crippen molar-refractivity contribution < 1.29 is 19.7 Å². The smallest absolute Gasteiger partial charge is 0.261 e. The first-order valence-electron chi connectivity index (χ1n) is 17.8. The molecule has 5 heteroatoms. The summed E-state index contributed by atoms with van der Waals surface area (Å²) in [4.78, 5) is 0. The molecule has 4 nitrogen and oxygen atoms in total. The van der Waals surface area contributed by atoms with E-state index < -0.39 is 26.1 Å². The molecule has 0 spiro atoms. The van der Waals surface area contributed by atoms with Crippen LogP contribution in [0.1, 0.15) is 85.1 Å². The van der Waals surface area contributed by atoms with Gasteiger partial charge in [-0.05, 0) is 95.0 Å². The fourth-order valence-corrected chi connectivity index (χ4v) is 16.2. The molecule has 0 heterocycles. The minimum atomic E-state index is -2.74. The van der Waals surface area contributed by atoms with Gasteiger partial charge in [-0.2, -0.15) is 0 Å². The average molecular weight is 639 g/mol. The van der Waals surface area contributed by atoms with E-state index >= 15 is 0 Å². The summed E-state index contributed by atoms with van der Waals surface area (Å²) in [6, 6.07) is 31.9. The van der Waals surface area contributed by atoms with Crippen LogP contribution in [0.5, 0.6) is 0 Å². The van der Waals surface area contributed by atoms with Crippen molar-refractivity contribution in [2.24, 2.45) is 34.5 Å². The fourth-order valence-electron chi connectivity index (χ4n) is 11.5. The van der Waals surface area contributed by atoms with Crippen LogP contribution < -0.4 is 10.4 Å². The molecule has 0 radical (unpaired) electrons. The summed E-state index contributed by atoms with van der Waals surface area (Å²) < 4.78 is 7.60. The van der Waals surface area contributed by atoms with Crippen molar-refractivity contribution in [3.8, 4) is 0 Å². The Kier molecular flexibility index (Phi) is 8.01. The largest absolute Gasteiger partial charge is 0.404 e. The Labute approximate surface area is 277 Å². The van der Waals surface area contributed by atoms with Gasteiger partial charge < -0.3 is 19.7 Å². The predicted octanol–water partition coefficient (Wildman–Crippen LogP) is 6.80. The maximum atomic E-state index is 12.3. The number of rotatable bonds is 5. The fraction of sp³-hybridized carbons (Fsp3) is 0.561. The molecule has 3 N–H and O–H groups in total. The topological polar surface area (TPSA) is 69.9 Å². The van der Waals surface area contributed by atoms with Gasteiger partial charge in [-0.15, -0.1) is 0 Å². The molecule has 0 aliphatic heterocycles. The molecule has 0 aromatic heterocycles. The second-order valence-corrected chi connectivity index (χ2v) is 21.0. The van der Waals surface area contributed by atoms with E-state index in [4.69, 9.17) is 4.43 Å². The van der Waals surface area contributed by atoms with Crippen molar-refractivity contribution in [3.05, 3.63) is 96.6 Å². The summed E-state index contributed by atoms with van der Waals surface area (Å²) in [5, 5.41) is 38.9. The second-order valence-electron chi connectivity index (χ2n) is 16.8. The van der Waals surface area contributed by atoms with E-state index in [9.17, 15) is 15.3 Å². The Morgan fingerprint density at radius 3 is 1.78 bits per heavy atom. The Bertz CT molecular complexity index is 1470. The molecule has 3 aromatic rings. The monoisotopic (exact) mass is 638 g/mol. The summed E-state index contributed by atoms with van der Waals surface area (Å²) in [6.07, 6.45) is 4.62. The lowest BCUT2D eigenvalue weighted by atomic mass is 9.43. The molecule has 246 valence electrons. The lowest BCUT2D eigenvalue weighted by Gasteiger charge is -2.64. The highest BCUT2D eigenvalue weighted by atomic mass is 28.4. The van der Waals surface area contributed by atoms with Gasteiger partial charge in [0.1, 0.15) is 0 Å². The summed E-state index contributed by atoms with van der Waals surface area (Å²) in [7, 11) is -2.74. The van der Waals surface area contributed by atoms with Gasteiger partial charge in [-0.25, -0.2) is 0 Å². The first-order chi connectivity index (χ1) is 21.9. The number of hydrogen-bond acceptors (Lipinski definition) is 4. The van der Waals surface area contributed by atoms with Gasteiger partial charge in [0.05, 0.1) is 17.8 Å². The van der Waals surface area contributed by atoms with Gasteiger partial charge in [0, 0.05) is 11.5 Å². The quantitative estimate of drug-likeness (QED) is 0.269. The SMILES string of the molecule is CC(C)(C)[Si](O[C@H]1CC[C@@]2(C)[C@H](C1)[C@@H](O)[C@H](O)C1[C@@H]2CC[C@@]2(C)[C@H]1CC[C@@]2(O)c1ccccc1)(c1ccccc1)c1ccccc1. The first kappa shape index (κ1) is 32.3. The number of hydrogen-bond donors (Lipinski definition) is 3. The van der Waals surface area contributed by atoms with Crippen LogP contribution in [0.4, 0.5) is 0 Å². The van der Waals surface area contributed by atoms with Gasteiger partial charge in [0.25, 0.3) is 8.32 Å². The predicted molar refractivity (Wildman–Crippen MR) is 187 cm³/mol. The van der Waals surface area contributed by atoms with Crippen molar-refractivity contribution >= 4 is 18.7 Å². The van der Waals surface area contributed by atoms with Gasteiger partial charge in [-0.1, -0.05) is 126 Å². The molecule has 4 aliphatic rings. The Balaban J connectivity index is 1.20. The Hall–Kier alpha value is -2.28. The summed E-state index contributed by atoms with van der Waals surface area (Å²) in [6.45, 7) is 11.6. The van der Waals surface area contributed by atoms with Gasteiger partial charge >= 0.3 is 0 Å². The van der Waals surface area contributed by atoms with Crippen molar-refractivity contribution in [2.45, 2.75) is 109 Å². The molecule has 0 bridgehead atoms. The normalized spacial score (nSPS) is 39.3. The molecule has 46 heavy (non-hydrogen) atoms. The maximum absolute atomic E-state index is 12.3. The number of aliphatic hydroxyl groups is 3. The maximum Gasteiger partial charge on any atom is 0.261 e. The zero-order chi connectivity index (χ0) is 32.5. The van der Waals surface area contributed by atoms with Crippen LogP contribution in [-0.4, -0.2) is 41.9 Å². The van der Waals surface area contributed by atoms with Crippen LogP contribution in [0.2, 0.25) is 5.04 Å². The van der Waals surface area contributed by atoms with Crippen LogP contribution in [-0.2, 0) is 10.0 Å². The molecule has 4 aliphatic carbocycles. The van der Waals surface area contributed by atoms with Crippen LogP contribution in [0, 0.1) is 34.5 Å². The third-order valence-corrected chi connectivity index (χ3v) is 19.0. The number of fused-ring (bicyclic) bond motifs is 5. The van der Waals surface area contributed by atoms with Gasteiger partial charge in [0.2, 0.25) is 0 Å². The summed E-state index contributed by atoms with van der Waals surface area (Å²) >= 11 is 0. The van der Waals surface area contributed by atoms with Crippen molar-refractivity contribution in [1.82, 2.24) is 0 Å². The second kappa shape index (κ2) is 11.4. The third-order valence-electron chi connectivity index (χ3n) is 13.9. The molecule has 0 saturated heterocycles. The van der Waals surface area contributed by atoms with Crippen molar-refractivity contribution in [2.75, 3.05) is 0 Å². The molecule has 0 amide bonds. The zero-order valence-corrected chi connectivity index (χ0v) is 29.4. The van der Waals surface area contributed by atoms with E-state index in [1.807, 2.05) is 18.2 Å². The first-order valence-corrected chi connectivity index (χ1v) is 19.7. The van der Waals surface area contributed by atoms with E-state index in [-0.39, 0.29) is 39.7 Å². The standard InChI is InChI=1S/C41H54O4Si/c1-38(2,3)46(30-17-11-7-12-18-30,31-19-13-8-14-20-31)45-29-21-24-39(4)32-22-25-40(5)33(35(32)37(43)36(42)34(39)27-29)23-26-41(40,44)28-15-9-6-10-16-28/h6-20,29,32-37,42-44H,21-27H2,1-5H3/t29-,32-,33-,34+,35?,36+,37+,39+,40-,41+/m0/s1. The zero-order valence-electron chi connectivity index (χ0n) is 28.4. The van der Waals surface area contributed by atoms with Crippen LogP contribution >= 0.6 is 0 Å². The minimum Gasteiger partial charge on any atom is -0.404 e. The molecule has 4 fully saturated rings. The molecule has 1 unspecified atom stereocenters. The Morgan fingerprint density at radius 2 is 1.22 bits per heavy atom. The van der Waals surface area contributed by atoms with Crippen LogP contribution in [0.3, 0.4) is 0 Å². The molecule has 3 aromatic carbocycles. The highest BCUT2D eigenvalue weighted by molar-refractivity contribution is 6.99. The van der Waals surface area contributed by atoms with Crippen molar-refractivity contribution in [1.29, 1.82) is 0 Å². The van der Waals surface area contributed by atoms with Crippen molar-refractivity contribution in [3.63, 3.8) is 0 Å². The molecular weight excluding hydrogens is 585 g/mol. The van der Waals surface area contributed by atoms with Gasteiger partial charge in [-0.3, -0.25) is 0 Å². The average Bonchev–Trinajstić information content (AvgIpc) is 3.34. The van der Waals surface area contributed by atoms with Crippen LogP contribution in [0.25, 0.3) is 0 Å². The number of aliphatic hydroxyl groups excluding tert-OH is 2. The highest BCUT2D eigenvalue weighted by Gasteiger charge is 2.68. The molecule has 4 saturated carbocycles. The van der Waals surface area contributed by atoms with E-state index in [0.29, 0.717) is 12.3 Å². The molecular formula is C41H54O4Si. The Morgan fingerprint density at radius 1 is 0.674 bits per heavy atom. The van der Waals surface area contributed by atoms with Gasteiger partial charge in [0.15, 0.2) is 0 Å². The van der Waals surface area contributed by atoms with E-state index in [1.165, 1.54) is 10.4 Å². The minimum absolute atomic E-state index is 0.00582. The van der Waals surface area contributed by atoms with E-state index in [0.717, 1.165) is 44.1 Å². The highest BCUT2D eigenvalue weighted by Crippen LogP contribution is 2.70. The van der Waals surface area contributed by atoms with E-state index in [2.05, 4.69) is 107 Å². The molecule has 7 rings (SSSR count).